The zero-order valence-corrected chi connectivity index (χ0v) is 26.4. The van der Waals surface area contributed by atoms with Crippen LogP contribution in [0.15, 0.2) is 35.3 Å². The van der Waals surface area contributed by atoms with Crippen molar-refractivity contribution in [3.63, 3.8) is 0 Å². The number of carbonyl (C=O) groups excluding carboxylic acids is 6. The molecule has 10 N–H and O–H groups in total. The van der Waals surface area contributed by atoms with Crippen LogP contribution < -0.4 is 37.6 Å². The molecule has 1 heterocycles. The third-order valence-electron chi connectivity index (χ3n) is 7.20. The van der Waals surface area contributed by atoms with Gasteiger partial charge in [-0.3, -0.25) is 34.3 Å². The van der Waals surface area contributed by atoms with Crippen LogP contribution in [0.25, 0.3) is 0 Å². The molecule has 5 atom stereocenters. The third kappa shape index (κ3) is 12.6. The molecule has 0 radical (unpaired) electrons. The van der Waals surface area contributed by atoms with Crippen LogP contribution in [0, 0.1) is 0 Å². The number of carbonyl (C=O) groups is 7. The van der Waals surface area contributed by atoms with Crippen molar-refractivity contribution in [2.75, 3.05) is 27.2 Å². The molecule has 1 aliphatic rings. The molecule has 47 heavy (non-hydrogen) atoms. The smallest absolute Gasteiger partial charge is 0.326 e. The maximum atomic E-state index is 13.9. The number of rotatable bonds is 8. The molecule has 7 amide bonds. The Kier molecular flexibility index (Phi) is 15.0. The van der Waals surface area contributed by atoms with Gasteiger partial charge in [0.05, 0.1) is 19.1 Å². The van der Waals surface area contributed by atoms with Crippen LogP contribution in [0.3, 0.4) is 0 Å². The Hall–Kier alpha value is -5.26. The molecular formula is C29H43N9O9. The lowest BCUT2D eigenvalue weighted by molar-refractivity contribution is -0.146. The van der Waals surface area contributed by atoms with Gasteiger partial charge in [0.15, 0.2) is 5.96 Å². The Balaban J connectivity index is 2.47. The molecule has 0 aliphatic carbocycles. The highest BCUT2D eigenvalue weighted by Crippen LogP contribution is 2.13. The van der Waals surface area contributed by atoms with E-state index in [1.165, 1.54) is 21.0 Å². The van der Waals surface area contributed by atoms with E-state index in [-0.39, 0.29) is 31.8 Å². The first kappa shape index (κ1) is 37.9. The summed E-state index contributed by atoms with van der Waals surface area (Å²) in [5, 5.41) is 33.9. The van der Waals surface area contributed by atoms with E-state index in [4.69, 9.17) is 5.73 Å². The van der Waals surface area contributed by atoms with Crippen LogP contribution in [-0.2, 0) is 35.2 Å². The average Bonchev–Trinajstić information content (AvgIpc) is 3.03. The zero-order chi connectivity index (χ0) is 35.1. The summed E-state index contributed by atoms with van der Waals surface area (Å²) in [6, 6.07) is 1.54. The average molecular weight is 662 g/mol. The SMILES string of the molecule is CNC(=O)NC(N)=NCCCC1NC(=O)[C@@H](C)NC(=O)C[C@@H](CO)NC(=O)C[C@@H](C(=O)O)NC(=O)C(Cc2ccccc2)N(C)C1=O. The number of urea groups is 1. The third-order valence-corrected chi connectivity index (χ3v) is 7.20. The van der Waals surface area contributed by atoms with Gasteiger partial charge in [-0.25, -0.2) is 9.59 Å². The lowest BCUT2D eigenvalue weighted by Gasteiger charge is -2.32. The second-order valence-corrected chi connectivity index (χ2v) is 10.9. The maximum absolute atomic E-state index is 13.9. The highest BCUT2D eigenvalue weighted by molar-refractivity contribution is 5.96. The number of likely N-dealkylation sites (N-methyl/N-ethyl adjacent to an activating group) is 1. The summed E-state index contributed by atoms with van der Waals surface area (Å²) in [7, 11) is 2.72. The van der Waals surface area contributed by atoms with Gasteiger partial charge in [0, 0.05) is 33.5 Å². The van der Waals surface area contributed by atoms with E-state index in [1.54, 1.807) is 30.3 Å². The van der Waals surface area contributed by atoms with Crippen LogP contribution >= 0.6 is 0 Å². The molecule has 18 nitrogen and oxygen atoms in total. The van der Waals surface area contributed by atoms with Crippen molar-refractivity contribution in [1.82, 2.24) is 36.8 Å². The van der Waals surface area contributed by atoms with Gasteiger partial charge in [0.25, 0.3) is 0 Å². The molecule has 2 rings (SSSR count). The van der Waals surface area contributed by atoms with Gasteiger partial charge in [-0.05, 0) is 25.3 Å². The first-order chi connectivity index (χ1) is 22.2. The first-order valence-electron chi connectivity index (χ1n) is 14.9. The molecule has 2 unspecified atom stereocenters. The number of aliphatic imine (C=N–C) groups is 1. The van der Waals surface area contributed by atoms with E-state index >= 15 is 0 Å². The number of benzene rings is 1. The normalized spacial score (nSPS) is 23.8. The molecule has 0 bridgehead atoms. The van der Waals surface area contributed by atoms with Crippen molar-refractivity contribution < 1.29 is 43.8 Å². The Morgan fingerprint density at radius 2 is 1.66 bits per heavy atom. The molecular weight excluding hydrogens is 618 g/mol. The fraction of sp³-hybridized carbons (Fsp3) is 0.517. The van der Waals surface area contributed by atoms with Gasteiger partial charge in [0.2, 0.25) is 29.5 Å². The summed E-state index contributed by atoms with van der Waals surface area (Å²) in [4.78, 5) is 94.6. The first-order valence-corrected chi connectivity index (χ1v) is 14.9. The second-order valence-electron chi connectivity index (χ2n) is 10.9. The monoisotopic (exact) mass is 661 g/mol. The summed E-state index contributed by atoms with van der Waals surface area (Å²) in [5.41, 5.74) is 6.32. The largest absolute Gasteiger partial charge is 0.480 e. The van der Waals surface area contributed by atoms with Crippen LogP contribution in [0.5, 0.6) is 0 Å². The summed E-state index contributed by atoms with van der Waals surface area (Å²) in [5.74, 6) is -5.60. The molecule has 1 aromatic carbocycles. The van der Waals surface area contributed by atoms with E-state index in [9.17, 15) is 43.8 Å². The van der Waals surface area contributed by atoms with E-state index in [0.717, 1.165) is 4.90 Å². The number of carboxylic acid groups (broad SMARTS) is 1. The van der Waals surface area contributed by atoms with Crippen LogP contribution in [0.4, 0.5) is 4.79 Å². The van der Waals surface area contributed by atoms with Crippen LogP contribution in [0.2, 0.25) is 0 Å². The fourth-order valence-electron chi connectivity index (χ4n) is 4.60. The van der Waals surface area contributed by atoms with Crippen molar-refractivity contribution in [1.29, 1.82) is 0 Å². The quantitative estimate of drug-likeness (QED) is 0.0769. The number of amides is 7. The fourth-order valence-corrected chi connectivity index (χ4v) is 4.60. The number of nitrogens with two attached hydrogens (primary N) is 1. The molecule has 1 saturated heterocycles. The highest BCUT2D eigenvalue weighted by atomic mass is 16.4. The molecule has 1 fully saturated rings. The highest BCUT2D eigenvalue weighted by Gasteiger charge is 2.35. The summed E-state index contributed by atoms with van der Waals surface area (Å²) in [6.07, 6.45) is -1.04. The number of nitrogens with one attached hydrogen (secondary N) is 6. The summed E-state index contributed by atoms with van der Waals surface area (Å²) < 4.78 is 0. The van der Waals surface area contributed by atoms with Gasteiger partial charge < -0.3 is 47.4 Å². The molecule has 1 aliphatic heterocycles. The Morgan fingerprint density at radius 1 is 1.00 bits per heavy atom. The van der Waals surface area contributed by atoms with Crippen LogP contribution in [0.1, 0.15) is 38.2 Å². The van der Waals surface area contributed by atoms with E-state index in [1.807, 2.05) is 0 Å². The molecule has 18 heteroatoms. The number of aliphatic carboxylic acids is 1. The predicted molar refractivity (Wildman–Crippen MR) is 167 cm³/mol. The molecule has 1 aromatic rings. The number of aliphatic hydroxyl groups excluding tert-OH is 1. The lowest BCUT2D eigenvalue weighted by Crippen LogP contribution is -2.58. The molecule has 0 spiro atoms. The Labute approximate surface area is 271 Å². The van der Waals surface area contributed by atoms with Gasteiger partial charge in [-0.1, -0.05) is 30.3 Å². The predicted octanol–water partition coefficient (Wildman–Crippen LogP) is -3.09. The van der Waals surface area contributed by atoms with E-state index in [0.29, 0.717) is 5.56 Å². The zero-order valence-electron chi connectivity index (χ0n) is 26.4. The van der Waals surface area contributed by atoms with Crippen molar-refractivity contribution in [2.24, 2.45) is 10.7 Å². The second kappa shape index (κ2) is 18.6. The van der Waals surface area contributed by atoms with Gasteiger partial charge in [0.1, 0.15) is 24.2 Å². The number of aliphatic hydroxyl groups is 1. The number of guanidine groups is 1. The standard InChI is InChI=1S/C29H43N9O9/c1-16-24(42)35-19(10-7-11-32-28(30)37-29(47)31-2)26(44)38(3)21(12-17-8-5-4-6-9-17)25(43)36-20(27(45)46)14-23(41)34-18(15-39)13-22(40)33-16/h4-6,8-9,16,18-21,39H,7,10-15H2,1-3H3,(H,33,40)(H,34,41)(H,35,42)(H,36,43)(H,45,46)(H4,30,31,32,37,47)/t16-,18+,19?,20+,21?/m1/s1. The topological polar surface area (TPSA) is 274 Å². The summed E-state index contributed by atoms with van der Waals surface area (Å²) in [6.45, 7) is 0.747. The van der Waals surface area contributed by atoms with Crippen molar-refractivity contribution in [3.8, 4) is 0 Å². The van der Waals surface area contributed by atoms with E-state index in [2.05, 4.69) is 36.9 Å². The van der Waals surface area contributed by atoms with Gasteiger partial charge in [-0.2, -0.15) is 0 Å². The maximum Gasteiger partial charge on any atom is 0.326 e. The minimum Gasteiger partial charge on any atom is -0.480 e. The van der Waals surface area contributed by atoms with Crippen molar-refractivity contribution >= 4 is 47.5 Å². The minimum absolute atomic E-state index is 0.00519. The number of hydrogen-bond donors (Lipinski definition) is 9. The van der Waals surface area contributed by atoms with Crippen molar-refractivity contribution in [2.45, 2.75) is 69.2 Å². The number of hydrogen-bond acceptors (Lipinski definition) is 9. The minimum atomic E-state index is -1.71. The number of nitrogens with zero attached hydrogens (tertiary/aromatic N) is 2. The molecule has 0 saturated carbocycles. The lowest BCUT2D eigenvalue weighted by atomic mass is 10.0. The summed E-state index contributed by atoms with van der Waals surface area (Å²) >= 11 is 0. The van der Waals surface area contributed by atoms with Gasteiger partial charge in [-0.15, -0.1) is 0 Å². The Bertz CT molecular complexity index is 1330. The molecule has 0 aromatic heterocycles. The number of carboxylic acids is 1. The van der Waals surface area contributed by atoms with Gasteiger partial charge >= 0.3 is 12.0 Å². The van der Waals surface area contributed by atoms with Crippen LogP contribution in [-0.4, -0.2) is 120 Å². The van der Waals surface area contributed by atoms with E-state index < -0.39 is 91.2 Å². The Morgan fingerprint density at radius 3 is 2.28 bits per heavy atom. The van der Waals surface area contributed by atoms with Crippen molar-refractivity contribution in [3.05, 3.63) is 35.9 Å². The molecule has 258 valence electrons.